The lowest BCUT2D eigenvalue weighted by Gasteiger charge is -2.01. The van der Waals surface area contributed by atoms with Crippen molar-refractivity contribution in [1.29, 1.82) is 0 Å². The van der Waals surface area contributed by atoms with Crippen LogP contribution < -0.4 is 0 Å². The summed E-state index contributed by atoms with van der Waals surface area (Å²) < 4.78 is 1.73. The van der Waals surface area contributed by atoms with Crippen molar-refractivity contribution in [3.8, 4) is 11.3 Å². The lowest BCUT2D eigenvalue weighted by molar-refractivity contribution is 1.15. The molecule has 4 rings (SSSR count). The zero-order valence-electron chi connectivity index (χ0n) is 12.0. The molecule has 106 valence electrons. The van der Waals surface area contributed by atoms with Crippen LogP contribution in [0.5, 0.6) is 0 Å². The van der Waals surface area contributed by atoms with Crippen molar-refractivity contribution in [3.63, 3.8) is 0 Å². The predicted molar refractivity (Wildman–Crippen MR) is 88.3 cm³/mol. The Labute approximate surface area is 127 Å². The van der Waals surface area contributed by atoms with Gasteiger partial charge in [-0.1, -0.05) is 36.4 Å². The van der Waals surface area contributed by atoms with Crippen LogP contribution in [0.25, 0.3) is 27.7 Å². The summed E-state index contributed by atoms with van der Waals surface area (Å²) in [5.41, 5.74) is 3.35. The average Bonchev–Trinajstić information content (AvgIpc) is 2.91. The van der Waals surface area contributed by atoms with Crippen molar-refractivity contribution in [3.05, 3.63) is 71.3 Å². The first-order valence-electron chi connectivity index (χ1n) is 7.07. The Morgan fingerprint density at radius 3 is 2.64 bits per heavy atom. The van der Waals surface area contributed by atoms with Gasteiger partial charge >= 0.3 is 0 Å². The maximum absolute atomic E-state index is 11.3. The molecule has 4 nitrogen and oxygen atoms in total. The number of pyridine rings is 1. The number of aryl methyl sites for hydroxylation is 1. The van der Waals surface area contributed by atoms with Crippen LogP contribution >= 0.6 is 0 Å². The van der Waals surface area contributed by atoms with E-state index in [4.69, 9.17) is 0 Å². The Morgan fingerprint density at radius 2 is 1.82 bits per heavy atom. The molecule has 2 heterocycles. The summed E-state index contributed by atoms with van der Waals surface area (Å²) in [6, 6.07) is 18.1. The topological polar surface area (TPSA) is 46.7 Å². The van der Waals surface area contributed by atoms with E-state index >= 15 is 0 Å². The predicted octanol–water partition coefficient (Wildman–Crippen LogP) is 4.86. The molecule has 0 atom stereocenters. The minimum Gasteiger partial charge on any atom is -0.281 e. The van der Waals surface area contributed by atoms with E-state index < -0.39 is 0 Å². The van der Waals surface area contributed by atoms with Gasteiger partial charge in [0.15, 0.2) is 0 Å². The highest BCUT2D eigenvalue weighted by Gasteiger charge is 2.15. The fourth-order valence-electron chi connectivity index (χ4n) is 2.75. The van der Waals surface area contributed by atoms with Crippen LogP contribution in [0.1, 0.15) is 5.56 Å². The highest BCUT2D eigenvalue weighted by atomic mass is 16.3. The van der Waals surface area contributed by atoms with Crippen molar-refractivity contribution in [2.45, 2.75) is 6.92 Å². The van der Waals surface area contributed by atoms with Crippen LogP contribution in [0.2, 0.25) is 0 Å². The summed E-state index contributed by atoms with van der Waals surface area (Å²) in [7, 11) is 0. The van der Waals surface area contributed by atoms with Crippen LogP contribution in [-0.4, -0.2) is 9.38 Å². The van der Waals surface area contributed by atoms with Crippen molar-refractivity contribution in [2.24, 2.45) is 5.18 Å². The van der Waals surface area contributed by atoms with Crippen molar-refractivity contribution >= 4 is 22.2 Å². The zero-order valence-corrected chi connectivity index (χ0v) is 12.0. The van der Waals surface area contributed by atoms with Gasteiger partial charge in [0.25, 0.3) is 0 Å². The van der Waals surface area contributed by atoms with Crippen LogP contribution in [0.3, 0.4) is 0 Å². The molecule has 2 aromatic carbocycles. The van der Waals surface area contributed by atoms with E-state index in [9.17, 15) is 4.91 Å². The molecule has 4 heteroatoms. The van der Waals surface area contributed by atoms with Gasteiger partial charge in [-0.2, -0.15) is 0 Å². The molecule has 0 aliphatic heterocycles. The number of fused-ring (bicyclic) bond motifs is 2. The van der Waals surface area contributed by atoms with E-state index in [0.29, 0.717) is 11.5 Å². The highest BCUT2D eigenvalue weighted by Crippen LogP contribution is 2.32. The number of aromatic nitrogens is 2. The molecular weight excluding hydrogens is 274 g/mol. The standard InChI is InChI=1S/C18H13N3O/c1-12-8-9-21-16(10-12)19-17(18(21)20-22)15-7-6-13-4-2-3-5-14(13)11-15/h2-11H,1H3. The van der Waals surface area contributed by atoms with Gasteiger partial charge in [-0.3, -0.25) is 4.40 Å². The van der Waals surface area contributed by atoms with Crippen molar-refractivity contribution in [1.82, 2.24) is 9.38 Å². The number of nitroso groups, excluding NO2 is 1. The molecule has 2 aromatic heterocycles. The molecule has 0 amide bonds. The highest BCUT2D eigenvalue weighted by molar-refractivity contribution is 5.88. The summed E-state index contributed by atoms with van der Waals surface area (Å²) >= 11 is 0. The summed E-state index contributed by atoms with van der Waals surface area (Å²) in [6.45, 7) is 2.00. The fraction of sp³-hybridized carbons (Fsp3) is 0.0556. The fourth-order valence-corrected chi connectivity index (χ4v) is 2.75. The largest absolute Gasteiger partial charge is 0.281 e. The third-order valence-electron chi connectivity index (χ3n) is 3.87. The Bertz CT molecular complexity index is 1020. The molecule has 0 N–H and O–H groups in total. The van der Waals surface area contributed by atoms with Gasteiger partial charge in [0.05, 0.1) is 0 Å². The van der Waals surface area contributed by atoms with Crippen molar-refractivity contribution in [2.75, 3.05) is 0 Å². The van der Waals surface area contributed by atoms with Gasteiger partial charge in [-0.25, -0.2) is 4.98 Å². The molecule has 0 aliphatic rings. The second-order valence-electron chi connectivity index (χ2n) is 5.37. The molecule has 0 fully saturated rings. The molecular formula is C18H13N3O. The van der Waals surface area contributed by atoms with Gasteiger partial charge in [0, 0.05) is 11.8 Å². The smallest absolute Gasteiger partial charge is 0.209 e. The Morgan fingerprint density at radius 1 is 1.00 bits per heavy atom. The number of benzene rings is 2. The first-order chi connectivity index (χ1) is 10.8. The van der Waals surface area contributed by atoms with Crippen LogP contribution in [0.15, 0.2) is 66.0 Å². The molecule has 0 radical (unpaired) electrons. The van der Waals surface area contributed by atoms with E-state index in [-0.39, 0.29) is 0 Å². The maximum Gasteiger partial charge on any atom is 0.209 e. The molecule has 0 aliphatic carbocycles. The summed E-state index contributed by atoms with van der Waals surface area (Å²) in [5, 5.41) is 5.47. The molecule has 0 unspecified atom stereocenters. The molecule has 4 aromatic rings. The lowest BCUT2D eigenvalue weighted by atomic mass is 10.1. The minimum atomic E-state index is 0.338. The SMILES string of the molecule is Cc1ccn2c(N=O)c(-c3ccc4ccccc4c3)nc2c1. The monoisotopic (exact) mass is 287 g/mol. The van der Waals surface area contributed by atoms with Gasteiger partial charge in [0.2, 0.25) is 5.82 Å². The minimum absolute atomic E-state index is 0.338. The van der Waals surface area contributed by atoms with E-state index in [2.05, 4.69) is 16.2 Å². The molecule has 0 saturated carbocycles. The quantitative estimate of drug-likeness (QED) is 0.494. The number of hydrogen-bond acceptors (Lipinski definition) is 3. The van der Waals surface area contributed by atoms with E-state index in [1.165, 1.54) is 0 Å². The number of nitrogens with zero attached hydrogens (tertiary/aromatic N) is 3. The van der Waals surface area contributed by atoms with Crippen LogP contribution in [0, 0.1) is 11.8 Å². The van der Waals surface area contributed by atoms with Crippen LogP contribution in [0.4, 0.5) is 5.82 Å². The summed E-state index contributed by atoms with van der Waals surface area (Å²) in [5.74, 6) is 0.338. The lowest BCUT2D eigenvalue weighted by Crippen LogP contribution is -1.83. The Balaban J connectivity index is 2.00. The number of hydrogen-bond donors (Lipinski definition) is 0. The summed E-state index contributed by atoms with van der Waals surface area (Å²) in [4.78, 5) is 15.9. The first-order valence-corrected chi connectivity index (χ1v) is 7.07. The molecule has 0 bridgehead atoms. The summed E-state index contributed by atoms with van der Waals surface area (Å²) in [6.07, 6.45) is 1.83. The second-order valence-corrected chi connectivity index (χ2v) is 5.37. The number of imidazole rings is 1. The van der Waals surface area contributed by atoms with E-state index in [1.807, 2.05) is 61.7 Å². The molecule has 22 heavy (non-hydrogen) atoms. The van der Waals surface area contributed by atoms with Crippen LogP contribution in [-0.2, 0) is 0 Å². The second kappa shape index (κ2) is 4.77. The molecule has 0 saturated heterocycles. The van der Waals surface area contributed by atoms with E-state index in [1.54, 1.807) is 4.40 Å². The van der Waals surface area contributed by atoms with Gasteiger partial charge in [-0.05, 0) is 46.6 Å². The first kappa shape index (κ1) is 12.7. The maximum atomic E-state index is 11.3. The van der Waals surface area contributed by atoms with E-state index in [0.717, 1.165) is 27.5 Å². The Hall–Kier alpha value is -3.01. The number of rotatable bonds is 2. The average molecular weight is 287 g/mol. The van der Waals surface area contributed by atoms with Gasteiger partial charge in [-0.15, -0.1) is 4.91 Å². The zero-order chi connectivity index (χ0) is 15.1. The third kappa shape index (κ3) is 1.89. The van der Waals surface area contributed by atoms with Crippen molar-refractivity contribution < 1.29 is 0 Å². The third-order valence-corrected chi connectivity index (χ3v) is 3.87. The molecule has 0 spiro atoms. The van der Waals surface area contributed by atoms with Gasteiger partial charge < -0.3 is 0 Å². The Kier molecular flexibility index (Phi) is 2.76. The normalized spacial score (nSPS) is 11.1. The van der Waals surface area contributed by atoms with Gasteiger partial charge in [0.1, 0.15) is 11.3 Å².